The number of H-pyrrole nitrogens is 1. The summed E-state index contributed by atoms with van der Waals surface area (Å²) in [5, 5.41) is 0.830. The second kappa shape index (κ2) is 9.55. The van der Waals surface area contributed by atoms with Crippen molar-refractivity contribution in [3.63, 3.8) is 0 Å². The number of ether oxygens (including phenoxy) is 2. The molecule has 1 N–H and O–H groups in total. The number of nitrogens with zero attached hydrogens (tertiary/aromatic N) is 4. The molecular formula is C24H27N5O4S2. The van der Waals surface area contributed by atoms with Crippen LogP contribution in [-0.2, 0) is 31.8 Å². The van der Waals surface area contributed by atoms with Crippen molar-refractivity contribution in [1.82, 2.24) is 23.8 Å². The summed E-state index contributed by atoms with van der Waals surface area (Å²) in [6.45, 7) is 3.04. The van der Waals surface area contributed by atoms with Gasteiger partial charge < -0.3 is 19.0 Å². The molecule has 2 saturated heterocycles. The van der Waals surface area contributed by atoms with E-state index in [9.17, 15) is 8.42 Å². The van der Waals surface area contributed by atoms with Gasteiger partial charge in [0, 0.05) is 19.7 Å². The number of morpholine rings is 1. The highest BCUT2D eigenvalue weighted by molar-refractivity contribution is 7.98. The van der Waals surface area contributed by atoms with Crippen LogP contribution >= 0.6 is 11.8 Å². The zero-order valence-electron chi connectivity index (χ0n) is 19.2. The molecule has 11 heteroatoms. The SMILES string of the molecule is O=S(=O)(c1ccc2c(c1)nc(SCc1nc3ccccc3[nH]1)n2C[C@@H]1CCCO1)N1CCOCC1. The molecule has 2 fully saturated rings. The number of sulfonamides is 1. The van der Waals surface area contributed by atoms with Gasteiger partial charge in [-0.3, -0.25) is 0 Å². The van der Waals surface area contributed by atoms with E-state index < -0.39 is 10.0 Å². The summed E-state index contributed by atoms with van der Waals surface area (Å²) in [4.78, 5) is 13.2. The fraction of sp³-hybridized carbons (Fsp3) is 0.417. The van der Waals surface area contributed by atoms with Gasteiger partial charge in [0.2, 0.25) is 10.0 Å². The second-order valence-electron chi connectivity index (χ2n) is 8.80. The predicted molar refractivity (Wildman–Crippen MR) is 134 cm³/mol. The molecular weight excluding hydrogens is 486 g/mol. The van der Waals surface area contributed by atoms with Crippen LogP contribution in [0.3, 0.4) is 0 Å². The quantitative estimate of drug-likeness (QED) is 0.378. The molecule has 184 valence electrons. The van der Waals surface area contributed by atoms with Gasteiger partial charge in [0.25, 0.3) is 0 Å². The molecule has 6 rings (SSSR count). The van der Waals surface area contributed by atoms with Crippen molar-refractivity contribution >= 4 is 43.9 Å². The zero-order chi connectivity index (χ0) is 23.8. The summed E-state index contributed by atoms with van der Waals surface area (Å²) < 4.78 is 41.3. The minimum Gasteiger partial charge on any atom is -0.379 e. The topological polar surface area (TPSA) is 102 Å². The van der Waals surface area contributed by atoms with Crippen molar-refractivity contribution in [2.75, 3.05) is 32.9 Å². The van der Waals surface area contributed by atoms with Crippen molar-refractivity contribution in [2.24, 2.45) is 0 Å². The van der Waals surface area contributed by atoms with Crippen molar-refractivity contribution in [1.29, 1.82) is 0 Å². The third kappa shape index (κ3) is 4.58. The zero-order valence-corrected chi connectivity index (χ0v) is 20.9. The van der Waals surface area contributed by atoms with Crippen LogP contribution in [-0.4, -0.2) is 71.3 Å². The Morgan fingerprint density at radius 2 is 1.91 bits per heavy atom. The van der Waals surface area contributed by atoms with Crippen LogP contribution in [0.1, 0.15) is 18.7 Å². The molecule has 2 aliphatic rings. The third-order valence-corrected chi connectivity index (χ3v) is 9.36. The Bertz CT molecular complexity index is 1420. The molecule has 2 aliphatic heterocycles. The van der Waals surface area contributed by atoms with Gasteiger partial charge in [0.05, 0.1) is 58.6 Å². The molecule has 0 unspecified atom stereocenters. The van der Waals surface area contributed by atoms with Gasteiger partial charge in [-0.2, -0.15) is 4.31 Å². The van der Waals surface area contributed by atoms with Gasteiger partial charge in [-0.1, -0.05) is 23.9 Å². The summed E-state index contributed by atoms with van der Waals surface area (Å²) in [6, 6.07) is 13.2. The van der Waals surface area contributed by atoms with E-state index in [-0.39, 0.29) is 11.0 Å². The summed E-state index contributed by atoms with van der Waals surface area (Å²) in [6.07, 6.45) is 2.20. The fourth-order valence-electron chi connectivity index (χ4n) is 4.67. The highest BCUT2D eigenvalue weighted by atomic mass is 32.2. The molecule has 2 aromatic carbocycles. The summed E-state index contributed by atoms with van der Waals surface area (Å²) in [5.74, 6) is 1.50. The van der Waals surface area contributed by atoms with Gasteiger partial charge >= 0.3 is 0 Å². The number of thioether (sulfide) groups is 1. The number of benzene rings is 2. The van der Waals surface area contributed by atoms with Crippen molar-refractivity contribution in [2.45, 2.75) is 41.3 Å². The first-order valence-electron chi connectivity index (χ1n) is 11.8. The second-order valence-corrected chi connectivity index (χ2v) is 11.7. The van der Waals surface area contributed by atoms with Gasteiger partial charge in [-0.25, -0.2) is 18.4 Å². The van der Waals surface area contributed by atoms with Crippen LogP contribution in [0.2, 0.25) is 0 Å². The number of para-hydroxylation sites is 2. The number of nitrogens with one attached hydrogen (secondary N) is 1. The normalized spacial score (nSPS) is 19.7. The van der Waals surface area contributed by atoms with E-state index in [0.29, 0.717) is 44.1 Å². The molecule has 9 nitrogen and oxygen atoms in total. The molecule has 0 spiro atoms. The van der Waals surface area contributed by atoms with E-state index in [1.807, 2.05) is 30.3 Å². The Labute approximate surface area is 207 Å². The molecule has 0 radical (unpaired) electrons. The number of aromatic amines is 1. The van der Waals surface area contributed by atoms with Crippen molar-refractivity contribution < 1.29 is 17.9 Å². The Morgan fingerprint density at radius 1 is 1.06 bits per heavy atom. The van der Waals surface area contributed by atoms with Crippen molar-refractivity contribution in [3.8, 4) is 0 Å². The summed E-state index contributed by atoms with van der Waals surface area (Å²) >= 11 is 1.59. The first-order chi connectivity index (χ1) is 17.1. The van der Waals surface area contributed by atoms with E-state index in [0.717, 1.165) is 47.0 Å². The highest BCUT2D eigenvalue weighted by Crippen LogP contribution is 2.30. The number of fused-ring (bicyclic) bond motifs is 2. The van der Waals surface area contributed by atoms with E-state index in [1.165, 1.54) is 4.31 Å². The maximum atomic E-state index is 13.2. The number of hydrogen-bond acceptors (Lipinski definition) is 7. The Hall–Kier alpha value is -2.44. The minimum absolute atomic E-state index is 0.134. The van der Waals surface area contributed by atoms with Gasteiger partial charge in [-0.15, -0.1) is 0 Å². The average Bonchev–Trinajstić information content (AvgIpc) is 3.62. The smallest absolute Gasteiger partial charge is 0.243 e. The lowest BCUT2D eigenvalue weighted by Crippen LogP contribution is -2.40. The lowest BCUT2D eigenvalue weighted by atomic mass is 10.2. The Balaban J connectivity index is 1.32. The van der Waals surface area contributed by atoms with E-state index in [4.69, 9.17) is 14.5 Å². The molecule has 2 aromatic heterocycles. The standard InChI is InChI=1S/C24H27N5O4S2/c30-35(31,28-9-12-32-13-10-28)18-7-8-22-21(14-18)27-24(29(22)15-17-4-3-11-33-17)34-16-23-25-19-5-1-2-6-20(19)26-23/h1-2,5-8,14,17H,3-4,9-13,15-16H2,(H,25,26)/t17-/m0/s1. The summed E-state index contributed by atoms with van der Waals surface area (Å²) in [7, 11) is -3.59. The number of imidazole rings is 2. The number of hydrogen-bond donors (Lipinski definition) is 1. The van der Waals surface area contributed by atoms with Crippen LogP contribution in [0.5, 0.6) is 0 Å². The van der Waals surface area contributed by atoms with Gasteiger partial charge in [0.1, 0.15) is 5.82 Å². The number of rotatable bonds is 7. The molecule has 35 heavy (non-hydrogen) atoms. The first-order valence-corrected chi connectivity index (χ1v) is 14.3. The molecule has 0 aliphatic carbocycles. The summed E-state index contributed by atoms with van der Waals surface area (Å²) in [5.41, 5.74) is 3.53. The van der Waals surface area contributed by atoms with E-state index in [1.54, 1.807) is 23.9 Å². The fourth-order valence-corrected chi connectivity index (χ4v) is 6.99. The Morgan fingerprint density at radius 3 is 2.71 bits per heavy atom. The molecule has 1 atom stereocenters. The van der Waals surface area contributed by atoms with Crippen LogP contribution < -0.4 is 0 Å². The van der Waals surface area contributed by atoms with E-state index in [2.05, 4.69) is 14.5 Å². The maximum Gasteiger partial charge on any atom is 0.243 e. The Kier molecular flexibility index (Phi) is 6.27. The van der Waals surface area contributed by atoms with E-state index >= 15 is 0 Å². The lowest BCUT2D eigenvalue weighted by molar-refractivity contribution is 0.0730. The maximum absolute atomic E-state index is 13.2. The highest BCUT2D eigenvalue weighted by Gasteiger charge is 2.28. The van der Waals surface area contributed by atoms with Crippen LogP contribution in [0, 0.1) is 0 Å². The molecule has 4 heterocycles. The molecule has 4 aromatic rings. The van der Waals surface area contributed by atoms with Crippen LogP contribution in [0.4, 0.5) is 0 Å². The number of aromatic nitrogens is 4. The van der Waals surface area contributed by atoms with Gasteiger partial charge in [-0.05, 0) is 43.2 Å². The first kappa shape index (κ1) is 23.0. The largest absolute Gasteiger partial charge is 0.379 e. The monoisotopic (exact) mass is 513 g/mol. The lowest BCUT2D eigenvalue weighted by Gasteiger charge is -2.26. The molecule has 0 amide bonds. The van der Waals surface area contributed by atoms with Crippen LogP contribution in [0.15, 0.2) is 52.5 Å². The molecule has 0 bridgehead atoms. The molecule has 0 saturated carbocycles. The predicted octanol–water partition coefficient (Wildman–Crippen LogP) is 3.40. The minimum atomic E-state index is -3.59. The average molecular weight is 514 g/mol. The van der Waals surface area contributed by atoms with Gasteiger partial charge in [0.15, 0.2) is 5.16 Å². The third-order valence-electron chi connectivity index (χ3n) is 6.48. The van der Waals surface area contributed by atoms with Crippen LogP contribution in [0.25, 0.3) is 22.1 Å². The van der Waals surface area contributed by atoms with Crippen molar-refractivity contribution in [3.05, 3.63) is 48.3 Å².